The summed E-state index contributed by atoms with van der Waals surface area (Å²) in [5.74, 6) is 1.98. The minimum Gasteiger partial charge on any atom is -0.495 e. The van der Waals surface area contributed by atoms with Gasteiger partial charge in [0.1, 0.15) is 19.0 Å². The molecular weight excluding hydrogens is 306 g/mol. The van der Waals surface area contributed by atoms with Gasteiger partial charge in [0.2, 0.25) is 5.91 Å². The molecule has 0 saturated carbocycles. The second-order valence-electron chi connectivity index (χ2n) is 5.85. The van der Waals surface area contributed by atoms with E-state index < -0.39 is 0 Å². The highest BCUT2D eigenvalue weighted by Crippen LogP contribution is 2.33. The molecule has 2 aromatic carbocycles. The van der Waals surface area contributed by atoms with Crippen LogP contribution in [0.1, 0.15) is 16.7 Å². The zero-order chi connectivity index (χ0) is 17.1. The van der Waals surface area contributed by atoms with Gasteiger partial charge in [0.05, 0.1) is 19.2 Å². The fraction of sp³-hybridized carbons (Fsp3) is 0.316. The van der Waals surface area contributed by atoms with Gasteiger partial charge in [-0.05, 0) is 54.8 Å². The fourth-order valence-electron chi connectivity index (χ4n) is 2.71. The molecule has 3 rings (SSSR count). The van der Waals surface area contributed by atoms with Crippen molar-refractivity contribution in [2.75, 3.05) is 25.6 Å². The molecule has 5 heteroatoms. The van der Waals surface area contributed by atoms with E-state index in [-0.39, 0.29) is 12.3 Å². The van der Waals surface area contributed by atoms with Gasteiger partial charge in [-0.2, -0.15) is 0 Å². The van der Waals surface area contributed by atoms with Crippen molar-refractivity contribution in [1.82, 2.24) is 0 Å². The first-order valence-corrected chi connectivity index (χ1v) is 7.90. The van der Waals surface area contributed by atoms with Crippen LogP contribution in [0.15, 0.2) is 30.3 Å². The zero-order valence-electron chi connectivity index (χ0n) is 14.1. The molecule has 5 nitrogen and oxygen atoms in total. The highest BCUT2D eigenvalue weighted by Gasteiger charge is 2.16. The van der Waals surface area contributed by atoms with E-state index in [1.807, 2.05) is 44.2 Å². The summed E-state index contributed by atoms with van der Waals surface area (Å²) in [6.07, 6.45) is 0.263. The SMILES string of the molecule is COc1ccc(C)cc1NC(=O)Cc1cc2c(cc1C)OCCO2. The Morgan fingerprint density at radius 3 is 2.54 bits per heavy atom. The molecule has 0 saturated heterocycles. The third-order valence-corrected chi connectivity index (χ3v) is 3.98. The van der Waals surface area contributed by atoms with Gasteiger partial charge in [0, 0.05) is 0 Å². The number of amides is 1. The van der Waals surface area contributed by atoms with Gasteiger partial charge in [0.25, 0.3) is 0 Å². The Labute approximate surface area is 141 Å². The molecule has 0 unspecified atom stereocenters. The minimum atomic E-state index is -0.0984. The number of methoxy groups -OCH3 is 1. The van der Waals surface area contributed by atoms with Crippen LogP contribution in [0.2, 0.25) is 0 Å². The van der Waals surface area contributed by atoms with Crippen molar-refractivity contribution in [1.29, 1.82) is 0 Å². The summed E-state index contributed by atoms with van der Waals surface area (Å²) >= 11 is 0. The average molecular weight is 327 g/mol. The summed E-state index contributed by atoms with van der Waals surface area (Å²) < 4.78 is 16.5. The van der Waals surface area contributed by atoms with E-state index in [2.05, 4.69) is 5.32 Å². The molecule has 24 heavy (non-hydrogen) atoms. The summed E-state index contributed by atoms with van der Waals surface area (Å²) in [6.45, 7) is 5.02. The number of carbonyl (C=O) groups excluding carboxylic acids is 1. The molecule has 2 aromatic rings. The van der Waals surface area contributed by atoms with Gasteiger partial charge in [0.15, 0.2) is 11.5 Å². The van der Waals surface area contributed by atoms with Crippen molar-refractivity contribution in [3.63, 3.8) is 0 Å². The number of nitrogens with one attached hydrogen (secondary N) is 1. The number of carbonyl (C=O) groups is 1. The Balaban J connectivity index is 1.77. The van der Waals surface area contributed by atoms with Crippen molar-refractivity contribution in [3.05, 3.63) is 47.0 Å². The second-order valence-corrected chi connectivity index (χ2v) is 5.85. The van der Waals surface area contributed by atoms with Crippen molar-refractivity contribution in [2.24, 2.45) is 0 Å². The maximum atomic E-state index is 12.4. The predicted octanol–water partition coefficient (Wildman–Crippen LogP) is 3.26. The maximum Gasteiger partial charge on any atom is 0.228 e. The van der Waals surface area contributed by atoms with Crippen LogP contribution in [0.3, 0.4) is 0 Å². The topological polar surface area (TPSA) is 56.8 Å². The first-order chi connectivity index (χ1) is 11.6. The summed E-state index contributed by atoms with van der Waals surface area (Å²) in [6, 6.07) is 9.49. The van der Waals surface area contributed by atoms with Gasteiger partial charge in [-0.15, -0.1) is 0 Å². The quantitative estimate of drug-likeness (QED) is 0.936. The molecule has 1 amide bonds. The Morgan fingerprint density at radius 2 is 1.83 bits per heavy atom. The van der Waals surface area contributed by atoms with E-state index in [1.165, 1.54) is 0 Å². The van der Waals surface area contributed by atoms with Crippen LogP contribution in [0.5, 0.6) is 17.2 Å². The second kappa shape index (κ2) is 6.83. The molecule has 0 fully saturated rings. The number of hydrogen-bond acceptors (Lipinski definition) is 4. The summed E-state index contributed by atoms with van der Waals surface area (Å²) in [4.78, 5) is 12.4. The van der Waals surface area contributed by atoms with Gasteiger partial charge < -0.3 is 19.5 Å². The third kappa shape index (κ3) is 3.45. The molecule has 0 aromatic heterocycles. The number of aryl methyl sites for hydroxylation is 2. The van der Waals surface area contributed by atoms with Crippen LogP contribution in [0, 0.1) is 13.8 Å². The van der Waals surface area contributed by atoms with Crippen LogP contribution >= 0.6 is 0 Å². The molecule has 0 bridgehead atoms. The highest BCUT2D eigenvalue weighted by molar-refractivity contribution is 5.94. The monoisotopic (exact) mass is 327 g/mol. The number of rotatable bonds is 4. The summed E-state index contributed by atoms with van der Waals surface area (Å²) in [7, 11) is 1.59. The first-order valence-electron chi connectivity index (χ1n) is 7.90. The van der Waals surface area contributed by atoms with Crippen molar-refractivity contribution in [3.8, 4) is 17.2 Å². The number of anilines is 1. The van der Waals surface area contributed by atoms with Crippen molar-refractivity contribution >= 4 is 11.6 Å². The molecule has 0 aliphatic carbocycles. The van der Waals surface area contributed by atoms with Crippen LogP contribution in [-0.4, -0.2) is 26.2 Å². The lowest BCUT2D eigenvalue weighted by Gasteiger charge is -2.20. The fourth-order valence-corrected chi connectivity index (χ4v) is 2.71. The lowest BCUT2D eigenvalue weighted by molar-refractivity contribution is -0.115. The van der Waals surface area contributed by atoms with Crippen LogP contribution < -0.4 is 19.5 Å². The van der Waals surface area contributed by atoms with E-state index >= 15 is 0 Å². The van der Waals surface area contributed by atoms with E-state index in [0.29, 0.717) is 30.4 Å². The number of fused-ring (bicyclic) bond motifs is 1. The summed E-state index contributed by atoms with van der Waals surface area (Å²) in [5.41, 5.74) is 3.66. The molecule has 1 heterocycles. The van der Waals surface area contributed by atoms with Gasteiger partial charge in [-0.3, -0.25) is 4.79 Å². The molecular formula is C19H21NO4. The molecule has 1 aliphatic rings. The lowest BCUT2D eigenvalue weighted by atomic mass is 10.0. The van der Waals surface area contributed by atoms with E-state index in [9.17, 15) is 4.79 Å². The smallest absolute Gasteiger partial charge is 0.228 e. The van der Waals surface area contributed by atoms with Crippen LogP contribution in [0.4, 0.5) is 5.69 Å². The van der Waals surface area contributed by atoms with E-state index in [1.54, 1.807) is 7.11 Å². The third-order valence-electron chi connectivity index (χ3n) is 3.98. The van der Waals surface area contributed by atoms with Crippen molar-refractivity contribution in [2.45, 2.75) is 20.3 Å². The molecule has 1 N–H and O–H groups in total. The van der Waals surface area contributed by atoms with E-state index in [0.717, 1.165) is 22.4 Å². The number of ether oxygens (including phenoxy) is 3. The Morgan fingerprint density at radius 1 is 1.12 bits per heavy atom. The highest BCUT2D eigenvalue weighted by atomic mass is 16.6. The average Bonchev–Trinajstić information content (AvgIpc) is 2.55. The molecule has 1 aliphatic heterocycles. The molecule has 0 radical (unpaired) electrons. The zero-order valence-corrected chi connectivity index (χ0v) is 14.1. The normalized spacial score (nSPS) is 12.6. The Hall–Kier alpha value is -2.69. The summed E-state index contributed by atoms with van der Waals surface area (Å²) in [5, 5.41) is 2.92. The molecule has 0 atom stereocenters. The number of hydrogen-bond donors (Lipinski definition) is 1. The van der Waals surface area contributed by atoms with Gasteiger partial charge in [-0.1, -0.05) is 6.07 Å². The van der Waals surface area contributed by atoms with E-state index in [4.69, 9.17) is 14.2 Å². The maximum absolute atomic E-state index is 12.4. The van der Waals surface area contributed by atoms with Crippen molar-refractivity contribution < 1.29 is 19.0 Å². The lowest BCUT2D eigenvalue weighted by Crippen LogP contribution is -2.18. The first kappa shape index (κ1) is 16.2. The molecule has 126 valence electrons. The predicted molar refractivity (Wildman–Crippen MR) is 92.2 cm³/mol. The minimum absolute atomic E-state index is 0.0984. The molecule has 0 spiro atoms. The Bertz CT molecular complexity index is 770. The largest absolute Gasteiger partial charge is 0.495 e. The van der Waals surface area contributed by atoms with Gasteiger partial charge in [-0.25, -0.2) is 0 Å². The number of benzene rings is 2. The standard InChI is InChI=1S/C19H21NO4/c1-12-4-5-16(22-3)15(8-12)20-19(21)11-14-10-18-17(9-13(14)2)23-6-7-24-18/h4-5,8-10H,6-7,11H2,1-3H3,(H,20,21). The van der Waals surface area contributed by atoms with Gasteiger partial charge >= 0.3 is 0 Å². The van der Waals surface area contributed by atoms with Crippen LogP contribution in [0.25, 0.3) is 0 Å². The Kier molecular flexibility index (Phi) is 4.60. The van der Waals surface area contributed by atoms with Crippen LogP contribution in [-0.2, 0) is 11.2 Å².